The molecule has 1 aromatic carbocycles. The number of hydrogen-bond donors (Lipinski definition) is 0. The molecule has 0 amide bonds. The molecule has 0 spiro atoms. The first-order valence-corrected chi connectivity index (χ1v) is 6.57. The van der Waals surface area contributed by atoms with Crippen molar-refractivity contribution in [3.63, 3.8) is 0 Å². The van der Waals surface area contributed by atoms with Gasteiger partial charge in [0.1, 0.15) is 16.1 Å². The molecule has 0 aliphatic carbocycles. The summed E-state index contributed by atoms with van der Waals surface area (Å²) in [5.41, 5.74) is 1.52. The van der Waals surface area contributed by atoms with Crippen LogP contribution in [-0.2, 0) is 0 Å². The zero-order valence-corrected chi connectivity index (χ0v) is 10.8. The average molecular weight is 263 g/mol. The molecule has 3 nitrogen and oxygen atoms in total. The number of nitrogens with zero attached hydrogens (tertiary/aromatic N) is 3. The van der Waals surface area contributed by atoms with Gasteiger partial charge in [-0.15, -0.1) is 0 Å². The van der Waals surface area contributed by atoms with E-state index in [1.54, 1.807) is 18.3 Å². The molecular weight excluding hydrogens is 254 g/mol. The fourth-order valence-corrected chi connectivity index (χ4v) is 2.58. The summed E-state index contributed by atoms with van der Waals surface area (Å²) in [4.78, 5) is 8.78. The van der Waals surface area contributed by atoms with Gasteiger partial charge < -0.3 is 0 Å². The van der Waals surface area contributed by atoms with Gasteiger partial charge in [-0.2, -0.15) is 5.26 Å². The van der Waals surface area contributed by atoms with Gasteiger partial charge in [-0.3, -0.25) is 0 Å². The molecule has 0 aliphatic heterocycles. The molecule has 90 valence electrons. The van der Waals surface area contributed by atoms with Crippen LogP contribution in [0.15, 0.2) is 64.8 Å². The first-order valence-electron chi connectivity index (χ1n) is 5.75. The normalized spacial score (nSPS) is 10.3. The van der Waals surface area contributed by atoms with E-state index in [0.29, 0.717) is 10.6 Å². The van der Waals surface area contributed by atoms with E-state index in [1.807, 2.05) is 36.4 Å². The molecule has 0 saturated heterocycles. The lowest BCUT2D eigenvalue weighted by Gasteiger charge is -2.03. The van der Waals surface area contributed by atoms with Gasteiger partial charge in [0.25, 0.3) is 0 Å². The second-order valence-corrected chi connectivity index (χ2v) is 4.92. The van der Waals surface area contributed by atoms with Crippen LogP contribution < -0.4 is 0 Å². The number of fused-ring (bicyclic) bond motifs is 1. The molecule has 19 heavy (non-hydrogen) atoms. The van der Waals surface area contributed by atoms with E-state index in [2.05, 4.69) is 16.0 Å². The quantitative estimate of drug-likeness (QED) is 0.708. The maximum atomic E-state index is 9.04. The molecule has 0 saturated carbocycles. The molecule has 0 atom stereocenters. The van der Waals surface area contributed by atoms with Crippen LogP contribution in [0, 0.1) is 11.3 Å². The Kier molecular flexibility index (Phi) is 3.13. The van der Waals surface area contributed by atoms with Crippen LogP contribution in [-0.4, -0.2) is 9.97 Å². The van der Waals surface area contributed by atoms with Crippen LogP contribution in [0.1, 0.15) is 5.56 Å². The molecule has 0 unspecified atom stereocenters. The molecule has 2 heterocycles. The van der Waals surface area contributed by atoms with Crippen molar-refractivity contribution in [3.8, 4) is 6.07 Å². The lowest BCUT2D eigenvalue weighted by molar-refractivity contribution is 1.09. The fraction of sp³-hybridized carbons (Fsp3) is 0. The number of para-hydroxylation sites is 1. The average Bonchev–Trinajstić information content (AvgIpc) is 2.48. The van der Waals surface area contributed by atoms with Gasteiger partial charge in [0.2, 0.25) is 0 Å². The van der Waals surface area contributed by atoms with Gasteiger partial charge in [-0.25, -0.2) is 9.97 Å². The van der Waals surface area contributed by atoms with E-state index >= 15 is 0 Å². The van der Waals surface area contributed by atoms with Crippen LogP contribution in [0.25, 0.3) is 10.9 Å². The van der Waals surface area contributed by atoms with E-state index in [9.17, 15) is 0 Å². The standard InChI is InChI=1S/C15H9N3S/c16-10-12-5-3-9-17-15(12)19-14-8-7-11-4-1-2-6-13(11)18-14/h1-9H. The third kappa shape index (κ3) is 2.42. The second-order valence-electron chi connectivity index (χ2n) is 3.91. The van der Waals surface area contributed by atoms with Crippen molar-refractivity contribution in [3.05, 3.63) is 60.3 Å². The molecule has 2 aromatic heterocycles. The summed E-state index contributed by atoms with van der Waals surface area (Å²) in [5, 5.41) is 11.7. The highest BCUT2D eigenvalue weighted by atomic mass is 32.2. The molecule has 4 heteroatoms. The lowest BCUT2D eigenvalue weighted by atomic mass is 10.2. The van der Waals surface area contributed by atoms with Crippen molar-refractivity contribution in [2.45, 2.75) is 10.1 Å². The van der Waals surface area contributed by atoms with Gasteiger partial charge in [-0.1, -0.05) is 24.3 Å². The summed E-state index contributed by atoms with van der Waals surface area (Å²) in [6.45, 7) is 0. The highest BCUT2D eigenvalue weighted by Crippen LogP contribution is 2.28. The largest absolute Gasteiger partial charge is 0.248 e. The minimum absolute atomic E-state index is 0.572. The van der Waals surface area contributed by atoms with Gasteiger partial charge >= 0.3 is 0 Å². The molecule has 0 aliphatic rings. The van der Waals surface area contributed by atoms with Crippen LogP contribution >= 0.6 is 11.8 Å². The molecule has 0 fully saturated rings. The molecule has 0 radical (unpaired) electrons. The highest BCUT2D eigenvalue weighted by molar-refractivity contribution is 7.99. The van der Waals surface area contributed by atoms with E-state index in [-0.39, 0.29) is 0 Å². The van der Waals surface area contributed by atoms with Gasteiger partial charge in [0, 0.05) is 11.6 Å². The molecular formula is C15H9N3S. The van der Waals surface area contributed by atoms with Crippen molar-refractivity contribution in [2.75, 3.05) is 0 Å². The van der Waals surface area contributed by atoms with Crippen molar-refractivity contribution >= 4 is 22.7 Å². The van der Waals surface area contributed by atoms with Crippen LogP contribution in [0.3, 0.4) is 0 Å². The summed E-state index contributed by atoms with van der Waals surface area (Å²) in [6, 6.07) is 17.6. The third-order valence-corrected chi connectivity index (χ3v) is 3.62. The van der Waals surface area contributed by atoms with Gasteiger partial charge in [-0.05, 0) is 36.0 Å². The Hall–Kier alpha value is -2.38. The minimum Gasteiger partial charge on any atom is -0.248 e. The lowest BCUT2D eigenvalue weighted by Crippen LogP contribution is -1.87. The maximum absolute atomic E-state index is 9.04. The number of hydrogen-bond acceptors (Lipinski definition) is 4. The summed E-state index contributed by atoms with van der Waals surface area (Å²) >= 11 is 1.41. The predicted molar refractivity (Wildman–Crippen MR) is 74.8 cm³/mol. The van der Waals surface area contributed by atoms with E-state index in [4.69, 9.17) is 5.26 Å². The maximum Gasteiger partial charge on any atom is 0.120 e. The summed E-state index contributed by atoms with van der Waals surface area (Å²) in [5.74, 6) is 0. The number of aromatic nitrogens is 2. The SMILES string of the molecule is N#Cc1cccnc1Sc1ccc2ccccc2n1. The van der Waals surface area contributed by atoms with Gasteiger partial charge in [0.05, 0.1) is 11.1 Å². The molecule has 3 rings (SSSR count). The number of nitriles is 1. The molecule has 3 aromatic rings. The van der Waals surface area contributed by atoms with E-state index < -0.39 is 0 Å². The monoisotopic (exact) mass is 263 g/mol. The Balaban J connectivity index is 1.99. The second kappa shape index (κ2) is 5.09. The zero-order valence-electron chi connectivity index (χ0n) is 9.95. The predicted octanol–water partition coefficient (Wildman–Crippen LogP) is 3.65. The van der Waals surface area contributed by atoms with Crippen molar-refractivity contribution in [2.24, 2.45) is 0 Å². The Morgan fingerprint density at radius 3 is 2.79 bits per heavy atom. The topological polar surface area (TPSA) is 49.6 Å². The minimum atomic E-state index is 0.572. The summed E-state index contributed by atoms with van der Waals surface area (Å²) < 4.78 is 0. The first-order chi connectivity index (χ1) is 9.36. The van der Waals surface area contributed by atoms with Crippen LogP contribution in [0.2, 0.25) is 0 Å². The summed E-state index contributed by atoms with van der Waals surface area (Å²) in [6.07, 6.45) is 1.68. The van der Waals surface area contributed by atoms with Crippen molar-refractivity contribution < 1.29 is 0 Å². The number of pyridine rings is 2. The van der Waals surface area contributed by atoms with Gasteiger partial charge in [0.15, 0.2) is 0 Å². The van der Waals surface area contributed by atoms with E-state index in [1.165, 1.54) is 11.8 Å². The van der Waals surface area contributed by atoms with Crippen molar-refractivity contribution in [1.29, 1.82) is 5.26 Å². The molecule has 0 N–H and O–H groups in total. The van der Waals surface area contributed by atoms with Crippen LogP contribution in [0.4, 0.5) is 0 Å². The first kappa shape index (κ1) is 11.7. The molecule has 0 bridgehead atoms. The number of benzene rings is 1. The smallest absolute Gasteiger partial charge is 0.120 e. The zero-order chi connectivity index (χ0) is 13.1. The Morgan fingerprint density at radius 1 is 1.00 bits per heavy atom. The Bertz CT molecular complexity index is 777. The van der Waals surface area contributed by atoms with E-state index in [0.717, 1.165) is 15.9 Å². The Labute approximate surface area is 114 Å². The summed E-state index contributed by atoms with van der Waals surface area (Å²) in [7, 11) is 0. The Morgan fingerprint density at radius 2 is 1.89 bits per heavy atom. The van der Waals surface area contributed by atoms with Crippen molar-refractivity contribution in [1.82, 2.24) is 9.97 Å². The fourth-order valence-electron chi connectivity index (χ4n) is 1.76. The number of rotatable bonds is 2. The third-order valence-electron chi connectivity index (χ3n) is 2.67. The van der Waals surface area contributed by atoms with Crippen LogP contribution in [0.5, 0.6) is 0 Å². The highest BCUT2D eigenvalue weighted by Gasteiger charge is 2.06.